The Labute approximate surface area is 139 Å². The maximum Gasteiger partial charge on any atom is 0.337 e. The van der Waals surface area contributed by atoms with Gasteiger partial charge in [0.1, 0.15) is 0 Å². The number of amides is 2. The molecule has 0 fully saturated rings. The number of carbonyl (C=O) groups excluding carboxylic acids is 1. The van der Waals surface area contributed by atoms with E-state index in [-0.39, 0.29) is 17.2 Å². The number of carbonyl (C=O) groups is 2. The Balaban J connectivity index is 2.78. The van der Waals surface area contributed by atoms with Gasteiger partial charge in [0.05, 0.1) is 17.9 Å². The molecule has 0 spiro atoms. The second-order valence-corrected chi connectivity index (χ2v) is 6.28. The zero-order valence-electron chi connectivity index (χ0n) is 11.6. The number of hydrogen-bond acceptors (Lipinski definition) is 3. The zero-order chi connectivity index (χ0) is 16.0. The predicted octanol–water partition coefficient (Wildman–Crippen LogP) is 3.31. The van der Waals surface area contributed by atoms with E-state index in [4.69, 9.17) is 4.74 Å². The number of rotatable bonds is 6. The van der Waals surface area contributed by atoms with Gasteiger partial charge in [-0.2, -0.15) is 0 Å². The molecule has 21 heavy (non-hydrogen) atoms. The summed E-state index contributed by atoms with van der Waals surface area (Å²) in [5, 5.41) is 14.4. The lowest BCUT2D eigenvalue weighted by Crippen LogP contribution is -2.34. The van der Waals surface area contributed by atoms with Crippen molar-refractivity contribution in [3.63, 3.8) is 0 Å². The number of halogens is 2. The average Bonchev–Trinajstić information content (AvgIpc) is 2.39. The summed E-state index contributed by atoms with van der Waals surface area (Å²) in [5.74, 6) is -0.965. The molecule has 0 saturated heterocycles. The molecular formula is C13H16Br2N2O4. The molecule has 1 atom stereocenters. The smallest absolute Gasteiger partial charge is 0.337 e. The van der Waals surface area contributed by atoms with E-state index in [9.17, 15) is 14.7 Å². The number of carboxylic acids is 1. The lowest BCUT2D eigenvalue weighted by Gasteiger charge is -2.14. The molecule has 2 amide bonds. The van der Waals surface area contributed by atoms with Gasteiger partial charge in [-0.15, -0.1) is 0 Å². The number of carboxylic acid groups (broad SMARTS) is 1. The van der Waals surface area contributed by atoms with E-state index in [1.807, 2.05) is 6.92 Å². The molecule has 0 aliphatic carbocycles. The van der Waals surface area contributed by atoms with E-state index in [2.05, 4.69) is 42.5 Å². The fraction of sp³-hybridized carbons (Fsp3) is 0.385. The van der Waals surface area contributed by atoms with E-state index >= 15 is 0 Å². The molecule has 0 aliphatic heterocycles. The molecule has 0 bridgehead atoms. The third kappa shape index (κ3) is 5.64. The van der Waals surface area contributed by atoms with E-state index in [0.717, 1.165) is 0 Å². The molecule has 0 aromatic heterocycles. The molecule has 116 valence electrons. The predicted molar refractivity (Wildman–Crippen MR) is 86.9 cm³/mol. The van der Waals surface area contributed by atoms with Gasteiger partial charge in [0.15, 0.2) is 0 Å². The minimum Gasteiger partial charge on any atom is -0.478 e. The highest BCUT2D eigenvalue weighted by molar-refractivity contribution is 9.11. The minimum absolute atomic E-state index is 0.00339. The molecule has 1 aromatic carbocycles. The van der Waals surface area contributed by atoms with E-state index < -0.39 is 12.0 Å². The Kier molecular flexibility index (Phi) is 7.13. The second kappa shape index (κ2) is 8.35. The van der Waals surface area contributed by atoms with Crippen LogP contribution in [-0.4, -0.2) is 37.4 Å². The van der Waals surface area contributed by atoms with Crippen LogP contribution in [0.25, 0.3) is 0 Å². The van der Waals surface area contributed by atoms with E-state index in [1.54, 1.807) is 13.2 Å². The first-order valence-electron chi connectivity index (χ1n) is 6.11. The second-order valence-electron chi connectivity index (χ2n) is 4.51. The van der Waals surface area contributed by atoms with Gasteiger partial charge in [-0.3, -0.25) is 0 Å². The topological polar surface area (TPSA) is 87.7 Å². The highest BCUT2D eigenvalue weighted by atomic mass is 79.9. The lowest BCUT2D eigenvalue weighted by molar-refractivity contribution is 0.0698. The van der Waals surface area contributed by atoms with Crippen LogP contribution in [0.2, 0.25) is 0 Å². The maximum absolute atomic E-state index is 11.8. The number of urea groups is 1. The third-order valence-corrected chi connectivity index (χ3v) is 3.67. The maximum atomic E-state index is 11.8. The SMILES string of the molecule is COCC(C)CNC(=O)Nc1c(Br)cc(Br)cc1C(=O)O. The summed E-state index contributed by atoms with van der Waals surface area (Å²) in [6, 6.07) is 2.62. The molecule has 1 unspecified atom stereocenters. The summed E-state index contributed by atoms with van der Waals surface area (Å²) < 4.78 is 6.06. The van der Waals surface area contributed by atoms with E-state index in [0.29, 0.717) is 22.1 Å². The van der Waals surface area contributed by atoms with Gasteiger partial charge < -0.3 is 20.5 Å². The summed E-state index contributed by atoms with van der Waals surface area (Å²) >= 11 is 6.46. The van der Waals surface area contributed by atoms with Gasteiger partial charge in [-0.1, -0.05) is 22.9 Å². The van der Waals surface area contributed by atoms with Crippen molar-refractivity contribution in [3.8, 4) is 0 Å². The van der Waals surface area contributed by atoms with Crippen molar-refractivity contribution in [2.75, 3.05) is 25.6 Å². The molecule has 1 aromatic rings. The summed E-state index contributed by atoms with van der Waals surface area (Å²) in [5.41, 5.74) is 0.207. The Morgan fingerprint density at radius 3 is 2.62 bits per heavy atom. The quantitative estimate of drug-likeness (QED) is 0.654. The molecule has 1 rings (SSSR count). The van der Waals surface area contributed by atoms with Gasteiger partial charge in [0.25, 0.3) is 0 Å². The van der Waals surface area contributed by atoms with Crippen LogP contribution in [0.1, 0.15) is 17.3 Å². The van der Waals surface area contributed by atoms with Crippen molar-refractivity contribution >= 4 is 49.5 Å². The van der Waals surface area contributed by atoms with Crippen LogP contribution in [0.3, 0.4) is 0 Å². The molecule has 0 radical (unpaired) electrons. The molecule has 0 aliphatic rings. The highest BCUT2D eigenvalue weighted by Crippen LogP contribution is 2.30. The fourth-order valence-electron chi connectivity index (χ4n) is 1.64. The summed E-state index contributed by atoms with van der Waals surface area (Å²) in [6.45, 7) is 2.89. The number of ether oxygens (including phenoxy) is 1. The first kappa shape index (κ1) is 17.9. The van der Waals surface area contributed by atoms with Crippen molar-refractivity contribution in [1.29, 1.82) is 0 Å². The van der Waals surface area contributed by atoms with Crippen molar-refractivity contribution in [1.82, 2.24) is 5.32 Å². The van der Waals surface area contributed by atoms with Crippen molar-refractivity contribution in [3.05, 3.63) is 26.6 Å². The average molecular weight is 424 g/mol. The number of nitrogens with one attached hydrogen (secondary N) is 2. The van der Waals surface area contributed by atoms with Gasteiger partial charge >= 0.3 is 12.0 Å². The van der Waals surface area contributed by atoms with Gasteiger partial charge in [-0.25, -0.2) is 9.59 Å². The normalized spacial score (nSPS) is 11.8. The minimum atomic E-state index is -1.12. The van der Waals surface area contributed by atoms with Crippen LogP contribution >= 0.6 is 31.9 Å². The Morgan fingerprint density at radius 2 is 2.05 bits per heavy atom. The van der Waals surface area contributed by atoms with Gasteiger partial charge in [0, 0.05) is 22.6 Å². The van der Waals surface area contributed by atoms with Crippen LogP contribution in [0.4, 0.5) is 10.5 Å². The molecule has 0 heterocycles. The standard InChI is InChI=1S/C13H16Br2N2O4/c1-7(6-21-2)5-16-13(20)17-11-9(12(18)19)3-8(14)4-10(11)15/h3-4,7H,5-6H2,1-2H3,(H,18,19)(H2,16,17,20). The van der Waals surface area contributed by atoms with Crippen LogP contribution < -0.4 is 10.6 Å². The first-order chi connectivity index (χ1) is 9.85. The Morgan fingerprint density at radius 1 is 1.38 bits per heavy atom. The molecular weight excluding hydrogens is 408 g/mol. The summed E-state index contributed by atoms with van der Waals surface area (Å²) in [6.07, 6.45) is 0. The van der Waals surface area contributed by atoms with Crippen molar-refractivity contribution in [2.24, 2.45) is 5.92 Å². The van der Waals surface area contributed by atoms with Gasteiger partial charge in [-0.05, 0) is 34.0 Å². The summed E-state index contributed by atoms with van der Waals surface area (Å²) in [4.78, 5) is 23.1. The molecule has 3 N–H and O–H groups in total. The molecule has 0 saturated carbocycles. The Bertz CT molecular complexity index is 537. The van der Waals surface area contributed by atoms with Crippen molar-refractivity contribution < 1.29 is 19.4 Å². The molecule has 6 nitrogen and oxygen atoms in total. The largest absolute Gasteiger partial charge is 0.478 e. The number of anilines is 1. The lowest BCUT2D eigenvalue weighted by atomic mass is 10.2. The zero-order valence-corrected chi connectivity index (χ0v) is 14.7. The number of hydrogen-bond donors (Lipinski definition) is 3. The van der Waals surface area contributed by atoms with Crippen LogP contribution in [0.5, 0.6) is 0 Å². The highest BCUT2D eigenvalue weighted by Gasteiger charge is 2.17. The van der Waals surface area contributed by atoms with E-state index in [1.165, 1.54) is 6.07 Å². The van der Waals surface area contributed by atoms with Crippen LogP contribution in [-0.2, 0) is 4.74 Å². The van der Waals surface area contributed by atoms with Crippen molar-refractivity contribution in [2.45, 2.75) is 6.92 Å². The summed E-state index contributed by atoms with van der Waals surface area (Å²) in [7, 11) is 1.59. The van der Waals surface area contributed by atoms with Crippen LogP contribution in [0, 0.1) is 5.92 Å². The third-order valence-electron chi connectivity index (χ3n) is 2.59. The van der Waals surface area contributed by atoms with Crippen LogP contribution in [0.15, 0.2) is 21.1 Å². The van der Waals surface area contributed by atoms with Gasteiger partial charge in [0.2, 0.25) is 0 Å². The number of benzene rings is 1. The fourth-order valence-corrected chi connectivity index (χ4v) is 2.96. The number of methoxy groups -OCH3 is 1. The monoisotopic (exact) mass is 422 g/mol. The molecule has 8 heteroatoms. The number of aromatic carboxylic acids is 1. The first-order valence-corrected chi connectivity index (χ1v) is 7.69. The Hall–Kier alpha value is -1.12.